The molecule has 0 heterocycles. The molecule has 0 bridgehead atoms. The first-order valence-corrected chi connectivity index (χ1v) is 7.54. The Bertz CT molecular complexity index is 353. The first kappa shape index (κ1) is 15.2. The van der Waals surface area contributed by atoms with Crippen LogP contribution in [-0.2, 0) is 0 Å². The summed E-state index contributed by atoms with van der Waals surface area (Å²) in [5, 5.41) is 0. The predicted octanol–water partition coefficient (Wildman–Crippen LogP) is 4.54. The van der Waals surface area contributed by atoms with Crippen LogP contribution in [0.4, 0.5) is 0 Å². The van der Waals surface area contributed by atoms with Crippen LogP contribution in [0.1, 0.15) is 44.7 Å². The lowest BCUT2D eigenvalue weighted by atomic mass is 9.98. The summed E-state index contributed by atoms with van der Waals surface area (Å²) in [4.78, 5) is 0. The molecule has 0 fully saturated rings. The third kappa shape index (κ3) is 5.08. The van der Waals surface area contributed by atoms with Crippen molar-refractivity contribution in [3.05, 3.63) is 32.7 Å². The molecule has 17 heavy (non-hydrogen) atoms. The van der Waals surface area contributed by atoms with Gasteiger partial charge >= 0.3 is 0 Å². The highest BCUT2D eigenvalue weighted by atomic mass is 79.9. The van der Waals surface area contributed by atoms with Gasteiger partial charge in [0.05, 0.1) is 0 Å². The second-order valence-electron chi connectivity index (χ2n) is 4.71. The smallest absolute Gasteiger partial charge is 0.0471 e. The van der Waals surface area contributed by atoms with Gasteiger partial charge in [0, 0.05) is 15.0 Å². The molecule has 0 aliphatic rings. The van der Waals surface area contributed by atoms with Crippen molar-refractivity contribution < 1.29 is 0 Å². The van der Waals surface area contributed by atoms with E-state index >= 15 is 0 Å². The Labute approximate surface area is 121 Å². The Hall–Kier alpha value is 0.1000. The summed E-state index contributed by atoms with van der Waals surface area (Å²) in [5.41, 5.74) is 4.13. The number of nitrogens with one attached hydrogen (secondary N) is 1. The van der Waals surface area contributed by atoms with Gasteiger partial charge in [-0.3, -0.25) is 11.3 Å². The van der Waals surface area contributed by atoms with Gasteiger partial charge in [-0.05, 0) is 30.0 Å². The second-order valence-corrected chi connectivity index (χ2v) is 6.48. The number of rotatable bonds is 6. The molecule has 0 aliphatic heterocycles. The molecular formula is C13H20Br2N2. The van der Waals surface area contributed by atoms with E-state index in [2.05, 4.69) is 63.3 Å². The van der Waals surface area contributed by atoms with Crippen LogP contribution < -0.4 is 11.3 Å². The summed E-state index contributed by atoms with van der Waals surface area (Å²) in [6, 6.07) is 6.43. The first-order valence-electron chi connectivity index (χ1n) is 5.95. The van der Waals surface area contributed by atoms with Gasteiger partial charge in [-0.15, -0.1) is 0 Å². The van der Waals surface area contributed by atoms with Gasteiger partial charge in [0.15, 0.2) is 0 Å². The zero-order chi connectivity index (χ0) is 12.8. The molecule has 4 heteroatoms. The Kier molecular flexibility index (Phi) is 6.70. The van der Waals surface area contributed by atoms with Crippen LogP contribution in [0.15, 0.2) is 27.1 Å². The Balaban J connectivity index is 2.66. The van der Waals surface area contributed by atoms with Crippen LogP contribution in [0.2, 0.25) is 0 Å². The van der Waals surface area contributed by atoms with Crippen LogP contribution in [0.5, 0.6) is 0 Å². The number of halogens is 2. The SMILES string of the molecule is CC(C)CCCC(NN)c1ccc(Br)cc1Br. The fourth-order valence-electron chi connectivity index (χ4n) is 1.84. The minimum absolute atomic E-state index is 0.219. The molecule has 0 saturated carbocycles. The second kappa shape index (κ2) is 7.52. The van der Waals surface area contributed by atoms with Crippen molar-refractivity contribution in [2.24, 2.45) is 11.8 Å². The zero-order valence-corrected chi connectivity index (χ0v) is 13.5. The van der Waals surface area contributed by atoms with E-state index in [1.807, 2.05) is 6.07 Å². The summed E-state index contributed by atoms with van der Waals surface area (Å²) in [6.45, 7) is 4.50. The lowest BCUT2D eigenvalue weighted by Crippen LogP contribution is -2.28. The average Bonchev–Trinajstić information content (AvgIpc) is 2.25. The molecule has 1 aromatic rings. The van der Waals surface area contributed by atoms with Crippen LogP contribution in [0, 0.1) is 5.92 Å². The molecule has 96 valence electrons. The number of nitrogens with two attached hydrogens (primary N) is 1. The lowest BCUT2D eigenvalue weighted by molar-refractivity contribution is 0.454. The van der Waals surface area contributed by atoms with E-state index in [-0.39, 0.29) is 6.04 Å². The van der Waals surface area contributed by atoms with E-state index in [4.69, 9.17) is 5.84 Å². The van der Waals surface area contributed by atoms with Gasteiger partial charge in [0.1, 0.15) is 0 Å². The van der Waals surface area contributed by atoms with E-state index in [9.17, 15) is 0 Å². The summed E-state index contributed by atoms with van der Waals surface area (Å²) in [6.07, 6.45) is 3.50. The van der Waals surface area contributed by atoms with E-state index in [0.29, 0.717) is 0 Å². The van der Waals surface area contributed by atoms with Gasteiger partial charge in [0.2, 0.25) is 0 Å². The fraction of sp³-hybridized carbons (Fsp3) is 0.538. The van der Waals surface area contributed by atoms with Crippen molar-refractivity contribution in [2.75, 3.05) is 0 Å². The van der Waals surface area contributed by atoms with Crippen molar-refractivity contribution in [3.63, 3.8) is 0 Å². The van der Waals surface area contributed by atoms with Crippen molar-refractivity contribution >= 4 is 31.9 Å². The van der Waals surface area contributed by atoms with E-state index < -0.39 is 0 Å². The molecule has 2 nitrogen and oxygen atoms in total. The monoisotopic (exact) mass is 362 g/mol. The highest BCUT2D eigenvalue weighted by molar-refractivity contribution is 9.11. The maximum Gasteiger partial charge on any atom is 0.0471 e. The van der Waals surface area contributed by atoms with E-state index in [1.165, 1.54) is 18.4 Å². The standard InChI is InChI=1S/C13H20Br2N2/c1-9(2)4-3-5-13(17-16)11-7-6-10(14)8-12(11)15/h6-9,13,17H,3-5,16H2,1-2H3. The Morgan fingerprint density at radius 1 is 1.24 bits per heavy atom. The summed E-state index contributed by atoms with van der Waals surface area (Å²) in [5.74, 6) is 6.40. The molecule has 1 atom stereocenters. The van der Waals surface area contributed by atoms with Gasteiger partial charge in [-0.25, -0.2) is 0 Å². The van der Waals surface area contributed by atoms with E-state index in [1.54, 1.807) is 0 Å². The minimum atomic E-state index is 0.219. The number of benzene rings is 1. The Morgan fingerprint density at radius 2 is 1.94 bits per heavy atom. The highest BCUT2D eigenvalue weighted by Crippen LogP contribution is 2.29. The van der Waals surface area contributed by atoms with Crippen LogP contribution in [-0.4, -0.2) is 0 Å². The number of hydrogen-bond acceptors (Lipinski definition) is 2. The predicted molar refractivity (Wildman–Crippen MR) is 80.6 cm³/mol. The van der Waals surface area contributed by atoms with Crippen molar-refractivity contribution in [2.45, 2.75) is 39.2 Å². The van der Waals surface area contributed by atoms with Crippen molar-refractivity contribution in [3.8, 4) is 0 Å². The molecule has 1 aromatic carbocycles. The van der Waals surface area contributed by atoms with Crippen LogP contribution in [0.3, 0.4) is 0 Å². The molecule has 0 radical (unpaired) electrons. The van der Waals surface area contributed by atoms with Crippen molar-refractivity contribution in [1.82, 2.24) is 5.43 Å². The summed E-state index contributed by atoms with van der Waals surface area (Å²) in [7, 11) is 0. The number of hydrogen-bond donors (Lipinski definition) is 2. The molecule has 0 amide bonds. The Morgan fingerprint density at radius 3 is 2.47 bits per heavy atom. The molecule has 1 unspecified atom stereocenters. The molecule has 0 aliphatic carbocycles. The van der Waals surface area contributed by atoms with E-state index in [0.717, 1.165) is 21.3 Å². The summed E-state index contributed by atoms with van der Waals surface area (Å²) < 4.78 is 2.17. The maximum atomic E-state index is 5.65. The molecule has 3 N–H and O–H groups in total. The summed E-state index contributed by atoms with van der Waals surface area (Å²) >= 11 is 7.04. The number of hydrazine groups is 1. The molecule has 0 spiro atoms. The van der Waals surface area contributed by atoms with Crippen LogP contribution >= 0.6 is 31.9 Å². The van der Waals surface area contributed by atoms with Crippen molar-refractivity contribution in [1.29, 1.82) is 0 Å². The molecule has 0 saturated heterocycles. The lowest BCUT2D eigenvalue weighted by Gasteiger charge is -2.18. The zero-order valence-electron chi connectivity index (χ0n) is 10.3. The third-order valence-electron chi connectivity index (χ3n) is 2.81. The average molecular weight is 364 g/mol. The normalized spacial score (nSPS) is 13.1. The first-order chi connectivity index (χ1) is 8.04. The van der Waals surface area contributed by atoms with Gasteiger partial charge < -0.3 is 0 Å². The fourth-order valence-corrected chi connectivity index (χ4v) is 3.17. The highest BCUT2D eigenvalue weighted by Gasteiger charge is 2.13. The topological polar surface area (TPSA) is 38.0 Å². The maximum absolute atomic E-state index is 5.65. The van der Waals surface area contributed by atoms with Gasteiger partial charge in [0.25, 0.3) is 0 Å². The minimum Gasteiger partial charge on any atom is -0.271 e. The van der Waals surface area contributed by atoms with Crippen LogP contribution in [0.25, 0.3) is 0 Å². The molecule has 1 rings (SSSR count). The quantitative estimate of drug-likeness (QED) is 0.575. The van der Waals surface area contributed by atoms with Gasteiger partial charge in [-0.2, -0.15) is 0 Å². The molecular weight excluding hydrogens is 344 g/mol. The largest absolute Gasteiger partial charge is 0.271 e. The third-order valence-corrected chi connectivity index (χ3v) is 3.99. The molecule has 0 aromatic heterocycles. The van der Waals surface area contributed by atoms with Gasteiger partial charge in [-0.1, -0.05) is 64.6 Å².